The van der Waals surface area contributed by atoms with E-state index in [4.69, 9.17) is 12.2 Å². The van der Waals surface area contributed by atoms with Crippen LogP contribution in [0.5, 0.6) is 0 Å². The van der Waals surface area contributed by atoms with Gasteiger partial charge in [-0.2, -0.15) is 0 Å². The van der Waals surface area contributed by atoms with Crippen molar-refractivity contribution in [2.45, 2.75) is 6.92 Å². The summed E-state index contributed by atoms with van der Waals surface area (Å²) in [5.41, 5.74) is 3.19. The van der Waals surface area contributed by atoms with Crippen LogP contribution in [-0.4, -0.2) is 14.5 Å². The Labute approximate surface area is 122 Å². The molecule has 3 aromatic rings. The summed E-state index contributed by atoms with van der Waals surface area (Å²) >= 11 is 8.70. The highest BCUT2D eigenvalue weighted by Gasteiger charge is 2.10. The molecule has 0 unspecified atom stereocenters. The van der Waals surface area contributed by atoms with E-state index < -0.39 is 0 Å². The Morgan fingerprint density at radius 2 is 2.16 bits per heavy atom. The van der Waals surface area contributed by atoms with Crippen LogP contribution in [0.3, 0.4) is 0 Å². The number of benzene rings is 1. The molecule has 96 valence electrons. The first-order valence-electron chi connectivity index (χ1n) is 5.59. The fourth-order valence-corrected chi connectivity index (χ4v) is 2.69. The van der Waals surface area contributed by atoms with Gasteiger partial charge in [-0.3, -0.25) is 4.57 Å². The van der Waals surface area contributed by atoms with E-state index in [1.807, 2.05) is 17.6 Å². The topological polar surface area (TPSA) is 33.6 Å². The highest BCUT2D eigenvalue weighted by molar-refractivity contribution is 9.10. The third-order valence-electron chi connectivity index (χ3n) is 2.89. The number of nitrogens with one attached hydrogen (secondary N) is 1. The SMILES string of the molecule is Cc1cc(F)ccc1-n1c(=S)[nH]c2cc(Br)cnc21. The molecule has 0 amide bonds. The lowest BCUT2D eigenvalue weighted by Gasteiger charge is -2.07. The Balaban J connectivity index is 2.36. The van der Waals surface area contributed by atoms with Crippen LogP contribution in [0.4, 0.5) is 4.39 Å². The summed E-state index contributed by atoms with van der Waals surface area (Å²) in [5, 5.41) is 0. The number of aryl methyl sites for hydroxylation is 1. The molecular weight excluding hydrogens is 329 g/mol. The maximum atomic E-state index is 13.2. The van der Waals surface area contributed by atoms with E-state index in [1.165, 1.54) is 12.1 Å². The van der Waals surface area contributed by atoms with Crippen molar-refractivity contribution in [2.75, 3.05) is 0 Å². The molecule has 0 fully saturated rings. The number of halogens is 2. The second-order valence-electron chi connectivity index (χ2n) is 4.22. The van der Waals surface area contributed by atoms with Crippen molar-refractivity contribution in [1.29, 1.82) is 0 Å². The molecule has 0 aliphatic rings. The smallest absolute Gasteiger partial charge is 0.184 e. The van der Waals surface area contributed by atoms with Crippen LogP contribution in [0.25, 0.3) is 16.9 Å². The highest BCUT2D eigenvalue weighted by Crippen LogP contribution is 2.23. The molecule has 3 nitrogen and oxygen atoms in total. The van der Waals surface area contributed by atoms with Gasteiger partial charge >= 0.3 is 0 Å². The van der Waals surface area contributed by atoms with Crippen LogP contribution in [0, 0.1) is 17.5 Å². The third kappa shape index (κ3) is 2.11. The lowest BCUT2D eigenvalue weighted by atomic mass is 10.2. The van der Waals surface area contributed by atoms with Crippen LogP contribution in [0.1, 0.15) is 5.56 Å². The minimum absolute atomic E-state index is 0.261. The van der Waals surface area contributed by atoms with Crippen LogP contribution in [0.15, 0.2) is 34.9 Å². The number of hydrogen-bond acceptors (Lipinski definition) is 2. The fourth-order valence-electron chi connectivity index (χ4n) is 2.06. The number of imidazole rings is 1. The molecular formula is C13H9BrFN3S. The number of aromatic nitrogens is 3. The molecule has 0 radical (unpaired) electrons. The molecule has 6 heteroatoms. The molecule has 0 aliphatic carbocycles. The minimum Gasteiger partial charge on any atom is -0.329 e. The quantitative estimate of drug-likeness (QED) is 0.672. The van der Waals surface area contributed by atoms with Gasteiger partial charge in [0.15, 0.2) is 10.4 Å². The van der Waals surface area contributed by atoms with E-state index >= 15 is 0 Å². The van der Waals surface area contributed by atoms with Crippen LogP contribution in [-0.2, 0) is 0 Å². The monoisotopic (exact) mass is 337 g/mol. The van der Waals surface area contributed by atoms with Crippen molar-refractivity contribution < 1.29 is 4.39 Å². The second-order valence-corrected chi connectivity index (χ2v) is 5.52. The zero-order valence-electron chi connectivity index (χ0n) is 9.95. The summed E-state index contributed by atoms with van der Waals surface area (Å²) in [6.45, 7) is 1.85. The minimum atomic E-state index is -0.261. The highest BCUT2D eigenvalue weighted by atomic mass is 79.9. The van der Waals surface area contributed by atoms with Gasteiger partial charge in [0.2, 0.25) is 0 Å². The van der Waals surface area contributed by atoms with Crippen molar-refractivity contribution in [3.8, 4) is 5.69 Å². The summed E-state index contributed by atoms with van der Waals surface area (Å²) in [5.74, 6) is -0.261. The molecule has 2 aromatic heterocycles. The number of rotatable bonds is 1. The van der Waals surface area contributed by atoms with E-state index in [1.54, 1.807) is 12.3 Å². The molecule has 0 aliphatic heterocycles. The lowest BCUT2D eigenvalue weighted by Crippen LogP contribution is -1.98. The molecule has 1 aromatic carbocycles. The van der Waals surface area contributed by atoms with Crippen molar-refractivity contribution in [2.24, 2.45) is 0 Å². The Morgan fingerprint density at radius 3 is 2.89 bits per heavy atom. The first kappa shape index (κ1) is 12.5. The largest absolute Gasteiger partial charge is 0.329 e. The number of aromatic amines is 1. The van der Waals surface area contributed by atoms with Crippen LogP contribution < -0.4 is 0 Å². The van der Waals surface area contributed by atoms with E-state index in [9.17, 15) is 4.39 Å². The number of fused-ring (bicyclic) bond motifs is 1. The first-order chi connectivity index (χ1) is 9.06. The number of nitrogens with zero attached hydrogens (tertiary/aromatic N) is 2. The van der Waals surface area contributed by atoms with Crippen LogP contribution in [0.2, 0.25) is 0 Å². The summed E-state index contributed by atoms with van der Waals surface area (Å²) < 4.78 is 16.4. The van der Waals surface area contributed by atoms with Gasteiger partial charge in [-0.1, -0.05) is 0 Å². The standard InChI is InChI=1S/C13H9BrFN3S/c1-7-4-9(15)2-3-11(7)18-12-10(17-13(18)19)5-8(14)6-16-12/h2-6H,1H3,(H,17,19). The van der Waals surface area contributed by atoms with E-state index in [-0.39, 0.29) is 5.82 Å². The van der Waals surface area contributed by atoms with Crippen molar-refractivity contribution in [3.05, 3.63) is 51.1 Å². The van der Waals surface area contributed by atoms with Crippen LogP contribution >= 0.6 is 28.1 Å². The maximum absolute atomic E-state index is 13.2. The summed E-state index contributed by atoms with van der Waals surface area (Å²) in [7, 11) is 0. The molecule has 3 rings (SSSR count). The first-order valence-corrected chi connectivity index (χ1v) is 6.79. The average molecular weight is 338 g/mol. The summed E-state index contributed by atoms with van der Waals surface area (Å²) in [6, 6.07) is 6.52. The Bertz CT molecular complexity index is 838. The molecule has 0 saturated heterocycles. The van der Waals surface area contributed by atoms with Gasteiger partial charge in [0.1, 0.15) is 5.82 Å². The molecule has 2 heterocycles. The third-order valence-corrected chi connectivity index (χ3v) is 3.61. The molecule has 1 N–H and O–H groups in total. The van der Waals surface area contributed by atoms with Gasteiger partial charge in [-0.05, 0) is 64.9 Å². The lowest BCUT2D eigenvalue weighted by molar-refractivity contribution is 0.626. The van der Waals surface area contributed by atoms with E-state index in [0.717, 1.165) is 26.9 Å². The van der Waals surface area contributed by atoms with E-state index in [2.05, 4.69) is 25.9 Å². The number of hydrogen-bond donors (Lipinski definition) is 1. The number of pyridine rings is 1. The Kier molecular flexibility index (Phi) is 2.99. The normalized spacial score (nSPS) is 11.1. The summed E-state index contributed by atoms with van der Waals surface area (Å²) in [4.78, 5) is 7.47. The van der Waals surface area contributed by atoms with Gasteiger partial charge in [0.25, 0.3) is 0 Å². The molecule has 19 heavy (non-hydrogen) atoms. The molecule has 0 atom stereocenters. The van der Waals surface area contributed by atoms with Gasteiger partial charge in [-0.15, -0.1) is 0 Å². The average Bonchev–Trinajstić information content (AvgIpc) is 2.65. The van der Waals surface area contributed by atoms with Crippen molar-refractivity contribution >= 4 is 39.3 Å². The summed E-state index contributed by atoms with van der Waals surface area (Å²) in [6.07, 6.45) is 1.71. The zero-order valence-corrected chi connectivity index (χ0v) is 12.3. The second kappa shape index (κ2) is 4.54. The Morgan fingerprint density at radius 1 is 1.37 bits per heavy atom. The Hall–Kier alpha value is -1.53. The predicted molar refractivity (Wildman–Crippen MR) is 78.6 cm³/mol. The van der Waals surface area contributed by atoms with Crippen molar-refractivity contribution in [1.82, 2.24) is 14.5 Å². The number of H-pyrrole nitrogens is 1. The predicted octanol–water partition coefficient (Wildman–Crippen LogP) is 4.29. The van der Waals surface area contributed by atoms with Gasteiger partial charge in [-0.25, -0.2) is 9.37 Å². The van der Waals surface area contributed by atoms with Gasteiger partial charge < -0.3 is 4.98 Å². The van der Waals surface area contributed by atoms with E-state index in [0.29, 0.717) is 4.77 Å². The molecule has 0 bridgehead atoms. The zero-order chi connectivity index (χ0) is 13.6. The molecule has 0 spiro atoms. The maximum Gasteiger partial charge on any atom is 0.184 e. The van der Waals surface area contributed by atoms with Gasteiger partial charge in [0.05, 0.1) is 11.2 Å². The molecule has 0 saturated carbocycles. The van der Waals surface area contributed by atoms with Crippen molar-refractivity contribution in [3.63, 3.8) is 0 Å². The fraction of sp³-hybridized carbons (Fsp3) is 0.0769. The van der Waals surface area contributed by atoms with Gasteiger partial charge in [0, 0.05) is 10.7 Å².